The van der Waals surface area contributed by atoms with Crippen LogP contribution in [0.3, 0.4) is 0 Å². The van der Waals surface area contributed by atoms with Gasteiger partial charge >= 0.3 is 0 Å². The fourth-order valence-corrected chi connectivity index (χ4v) is 1.96. The Bertz CT molecular complexity index is 373. The molecule has 0 radical (unpaired) electrons. The topological polar surface area (TPSA) is 32.3 Å². The minimum Gasteiger partial charge on any atom is -0.387 e. The SMILES string of the molecule is Cl.O[C@@H](c1cc(F)c(F)c(F)c1)[C@H]1CCCN1. The van der Waals surface area contributed by atoms with Crippen LogP contribution in [0.2, 0.25) is 0 Å². The molecule has 1 heterocycles. The Labute approximate surface area is 103 Å². The smallest absolute Gasteiger partial charge is 0.194 e. The molecule has 0 bridgehead atoms. The minimum absolute atomic E-state index is 0. The van der Waals surface area contributed by atoms with Gasteiger partial charge in [0.2, 0.25) is 0 Å². The van der Waals surface area contributed by atoms with Crippen LogP contribution in [0, 0.1) is 17.5 Å². The molecule has 2 rings (SSSR count). The van der Waals surface area contributed by atoms with E-state index in [0.29, 0.717) is 0 Å². The second-order valence-corrected chi connectivity index (χ2v) is 3.95. The maximum absolute atomic E-state index is 12.9. The zero-order chi connectivity index (χ0) is 11.7. The molecule has 2 nitrogen and oxygen atoms in total. The molecule has 1 aliphatic rings. The van der Waals surface area contributed by atoms with E-state index in [2.05, 4.69) is 5.32 Å². The maximum atomic E-state index is 12.9. The van der Waals surface area contributed by atoms with E-state index < -0.39 is 23.6 Å². The Morgan fingerprint density at radius 2 is 1.82 bits per heavy atom. The zero-order valence-electron chi connectivity index (χ0n) is 8.92. The van der Waals surface area contributed by atoms with Crippen molar-refractivity contribution in [2.24, 2.45) is 0 Å². The Hall–Kier alpha value is -0.780. The Kier molecular flexibility index (Phi) is 4.80. The largest absolute Gasteiger partial charge is 0.387 e. The first kappa shape index (κ1) is 14.3. The summed E-state index contributed by atoms with van der Waals surface area (Å²) in [4.78, 5) is 0. The zero-order valence-corrected chi connectivity index (χ0v) is 9.74. The highest BCUT2D eigenvalue weighted by Crippen LogP contribution is 2.25. The van der Waals surface area contributed by atoms with Crippen molar-refractivity contribution in [3.63, 3.8) is 0 Å². The maximum Gasteiger partial charge on any atom is 0.194 e. The molecule has 6 heteroatoms. The molecule has 96 valence electrons. The number of hydrogen-bond acceptors (Lipinski definition) is 2. The van der Waals surface area contributed by atoms with Crippen LogP contribution in [0.1, 0.15) is 24.5 Å². The summed E-state index contributed by atoms with van der Waals surface area (Å²) in [6.07, 6.45) is 0.641. The summed E-state index contributed by atoms with van der Waals surface area (Å²) in [6, 6.07) is 1.45. The van der Waals surface area contributed by atoms with Gasteiger partial charge in [0.25, 0.3) is 0 Å². The quantitative estimate of drug-likeness (QED) is 0.806. The molecule has 1 aromatic rings. The summed E-state index contributed by atoms with van der Waals surface area (Å²) >= 11 is 0. The summed E-state index contributed by atoms with van der Waals surface area (Å²) in [5, 5.41) is 12.9. The van der Waals surface area contributed by atoms with E-state index >= 15 is 0 Å². The molecular formula is C11H13ClF3NO. The van der Waals surface area contributed by atoms with Crippen molar-refractivity contribution in [2.75, 3.05) is 6.54 Å². The lowest BCUT2D eigenvalue weighted by Crippen LogP contribution is -2.28. The third-order valence-electron chi connectivity index (χ3n) is 2.83. The molecule has 1 aliphatic heterocycles. The molecular weight excluding hydrogens is 255 g/mol. The van der Waals surface area contributed by atoms with Crippen molar-refractivity contribution in [1.29, 1.82) is 0 Å². The normalized spacial score (nSPS) is 21.1. The molecule has 17 heavy (non-hydrogen) atoms. The first-order chi connectivity index (χ1) is 7.59. The summed E-state index contributed by atoms with van der Waals surface area (Å²) in [6.45, 7) is 0.772. The molecule has 0 aromatic heterocycles. The molecule has 0 saturated carbocycles. The standard InChI is InChI=1S/C11H12F3NO.ClH/c12-7-4-6(5-8(13)10(7)14)11(16)9-2-1-3-15-9;/h4-5,9,11,15-16H,1-3H2;1H/t9-,11+;/m1./s1. The van der Waals surface area contributed by atoms with E-state index in [9.17, 15) is 18.3 Å². The predicted octanol–water partition coefficient (Wildman–Crippen LogP) is 2.31. The van der Waals surface area contributed by atoms with E-state index in [1.54, 1.807) is 0 Å². The monoisotopic (exact) mass is 267 g/mol. The van der Waals surface area contributed by atoms with Gasteiger partial charge in [-0.25, -0.2) is 13.2 Å². The van der Waals surface area contributed by atoms with Gasteiger partial charge in [-0.2, -0.15) is 0 Å². The van der Waals surface area contributed by atoms with Gasteiger partial charge in [-0.3, -0.25) is 0 Å². The average Bonchev–Trinajstić information content (AvgIpc) is 2.77. The highest BCUT2D eigenvalue weighted by Gasteiger charge is 2.25. The molecule has 0 spiro atoms. The van der Waals surface area contributed by atoms with Crippen LogP contribution in [0.15, 0.2) is 12.1 Å². The third kappa shape index (κ3) is 2.91. The second-order valence-electron chi connectivity index (χ2n) is 3.95. The summed E-state index contributed by atoms with van der Waals surface area (Å²) < 4.78 is 38.6. The summed E-state index contributed by atoms with van der Waals surface area (Å²) in [5.74, 6) is -4.05. The van der Waals surface area contributed by atoms with E-state index in [-0.39, 0.29) is 24.0 Å². The van der Waals surface area contributed by atoms with Gasteiger partial charge in [0.15, 0.2) is 17.5 Å². The van der Waals surface area contributed by atoms with Crippen LogP contribution in [-0.4, -0.2) is 17.7 Å². The second kappa shape index (κ2) is 5.71. The van der Waals surface area contributed by atoms with Gasteiger partial charge in [-0.15, -0.1) is 12.4 Å². The molecule has 2 N–H and O–H groups in total. The summed E-state index contributed by atoms with van der Waals surface area (Å²) in [5.41, 5.74) is 0.0656. The highest BCUT2D eigenvalue weighted by molar-refractivity contribution is 5.85. The van der Waals surface area contributed by atoms with Crippen molar-refractivity contribution >= 4 is 12.4 Å². The van der Waals surface area contributed by atoms with Crippen molar-refractivity contribution in [3.8, 4) is 0 Å². The number of halogens is 4. The van der Waals surface area contributed by atoms with Gasteiger partial charge in [0, 0.05) is 6.04 Å². The molecule has 0 unspecified atom stereocenters. The lowest BCUT2D eigenvalue weighted by Gasteiger charge is -2.18. The van der Waals surface area contributed by atoms with Gasteiger partial charge in [0.05, 0.1) is 6.10 Å². The van der Waals surface area contributed by atoms with Crippen molar-refractivity contribution in [1.82, 2.24) is 5.32 Å². The molecule has 0 aliphatic carbocycles. The number of benzene rings is 1. The number of nitrogens with one attached hydrogen (secondary N) is 1. The number of rotatable bonds is 2. The minimum atomic E-state index is -1.50. The van der Waals surface area contributed by atoms with Crippen LogP contribution in [0.4, 0.5) is 13.2 Å². The van der Waals surface area contributed by atoms with Crippen LogP contribution in [0.25, 0.3) is 0 Å². The lowest BCUT2D eigenvalue weighted by molar-refractivity contribution is 0.136. The van der Waals surface area contributed by atoms with Gasteiger partial charge in [0.1, 0.15) is 0 Å². The highest BCUT2D eigenvalue weighted by atomic mass is 35.5. The van der Waals surface area contributed by atoms with Crippen molar-refractivity contribution in [3.05, 3.63) is 35.1 Å². The molecule has 1 saturated heterocycles. The van der Waals surface area contributed by atoms with E-state index in [1.807, 2.05) is 0 Å². The number of hydrogen-bond donors (Lipinski definition) is 2. The van der Waals surface area contributed by atoms with Crippen LogP contribution < -0.4 is 5.32 Å². The molecule has 2 atom stereocenters. The first-order valence-electron chi connectivity index (χ1n) is 5.15. The van der Waals surface area contributed by atoms with Crippen molar-refractivity contribution < 1.29 is 18.3 Å². The molecule has 1 fully saturated rings. The Balaban J connectivity index is 0.00000144. The third-order valence-corrected chi connectivity index (χ3v) is 2.83. The van der Waals surface area contributed by atoms with E-state index in [0.717, 1.165) is 31.5 Å². The number of aliphatic hydroxyl groups is 1. The Morgan fingerprint density at radius 3 is 2.29 bits per heavy atom. The van der Waals surface area contributed by atoms with Gasteiger partial charge < -0.3 is 10.4 Å². The van der Waals surface area contributed by atoms with Crippen LogP contribution in [-0.2, 0) is 0 Å². The van der Waals surface area contributed by atoms with E-state index in [4.69, 9.17) is 0 Å². The van der Waals surface area contributed by atoms with Gasteiger partial charge in [-0.1, -0.05) is 0 Å². The fraction of sp³-hybridized carbons (Fsp3) is 0.455. The van der Waals surface area contributed by atoms with Crippen LogP contribution >= 0.6 is 12.4 Å². The first-order valence-corrected chi connectivity index (χ1v) is 5.15. The number of aliphatic hydroxyl groups excluding tert-OH is 1. The average molecular weight is 268 g/mol. The molecule has 0 amide bonds. The Morgan fingerprint density at radius 1 is 1.24 bits per heavy atom. The van der Waals surface area contributed by atoms with E-state index in [1.165, 1.54) is 0 Å². The van der Waals surface area contributed by atoms with Crippen LogP contribution in [0.5, 0.6) is 0 Å². The fourth-order valence-electron chi connectivity index (χ4n) is 1.96. The predicted molar refractivity (Wildman–Crippen MR) is 59.5 cm³/mol. The van der Waals surface area contributed by atoms with Crippen molar-refractivity contribution in [2.45, 2.75) is 25.0 Å². The summed E-state index contributed by atoms with van der Waals surface area (Å²) in [7, 11) is 0. The molecule has 1 aromatic carbocycles. The van der Waals surface area contributed by atoms with Gasteiger partial charge in [-0.05, 0) is 37.1 Å². The lowest BCUT2D eigenvalue weighted by atomic mass is 10.0.